The molecule has 0 saturated heterocycles. The van der Waals surface area contributed by atoms with E-state index in [0.717, 1.165) is 6.07 Å². The van der Waals surface area contributed by atoms with Gasteiger partial charge >= 0.3 is 6.18 Å². The zero-order valence-corrected chi connectivity index (χ0v) is 14.2. The molecule has 1 fully saturated rings. The van der Waals surface area contributed by atoms with Gasteiger partial charge in [0.2, 0.25) is 5.91 Å². The van der Waals surface area contributed by atoms with Crippen molar-refractivity contribution in [3.63, 3.8) is 0 Å². The van der Waals surface area contributed by atoms with E-state index in [1.807, 2.05) is 0 Å². The molecule has 0 bridgehead atoms. The van der Waals surface area contributed by atoms with Crippen molar-refractivity contribution >= 4 is 27.7 Å². The van der Waals surface area contributed by atoms with Gasteiger partial charge in [-0.05, 0) is 46.0 Å². The van der Waals surface area contributed by atoms with Crippen LogP contribution in [0, 0.1) is 5.92 Å². The van der Waals surface area contributed by atoms with Gasteiger partial charge in [-0.15, -0.1) is 0 Å². The number of hydrogen-bond donors (Lipinski definition) is 3. The molecule has 1 aliphatic carbocycles. The Bertz CT molecular complexity index is 819. The second-order valence-electron chi connectivity index (χ2n) is 5.71. The molecule has 132 valence electrons. The van der Waals surface area contributed by atoms with E-state index in [1.54, 1.807) is 6.20 Å². The molecule has 2 unspecified atom stereocenters. The van der Waals surface area contributed by atoms with Crippen LogP contribution in [-0.4, -0.2) is 16.8 Å². The van der Waals surface area contributed by atoms with Crippen LogP contribution in [-0.2, 0) is 11.0 Å². The highest BCUT2D eigenvalue weighted by molar-refractivity contribution is 9.10. The summed E-state index contributed by atoms with van der Waals surface area (Å²) in [5.41, 5.74) is 4.11. The highest BCUT2D eigenvalue weighted by Gasteiger charge is 2.47. The van der Waals surface area contributed by atoms with Gasteiger partial charge in [0.15, 0.2) is 0 Å². The lowest BCUT2D eigenvalue weighted by atomic mass is 10.0. The lowest BCUT2D eigenvalue weighted by Gasteiger charge is -2.12. The zero-order chi connectivity index (χ0) is 18.2. The maximum Gasteiger partial charge on any atom is 0.416 e. The van der Waals surface area contributed by atoms with Crippen LogP contribution in [0.3, 0.4) is 0 Å². The van der Waals surface area contributed by atoms with Gasteiger partial charge in [-0.2, -0.15) is 13.2 Å². The van der Waals surface area contributed by atoms with Gasteiger partial charge in [-0.25, -0.2) is 0 Å². The quantitative estimate of drug-likeness (QED) is 0.672. The summed E-state index contributed by atoms with van der Waals surface area (Å²) in [5.74, 6) is -2.17. The Labute approximate surface area is 149 Å². The van der Waals surface area contributed by atoms with Crippen LogP contribution < -0.4 is 10.9 Å². The third kappa shape index (κ3) is 3.87. The summed E-state index contributed by atoms with van der Waals surface area (Å²) in [6.45, 7) is 0. The Morgan fingerprint density at radius 3 is 2.56 bits per heavy atom. The average Bonchev–Trinajstić information content (AvgIpc) is 3.25. The van der Waals surface area contributed by atoms with Crippen molar-refractivity contribution in [3.8, 4) is 0 Å². The smallest absolute Gasteiger partial charge is 0.356 e. The zero-order valence-electron chi connectivity index (χ0n) is 12.7. The number of carbonyl (C=O) groups excluding carboxylic acids is 2. The molecule has 1 heterocycles. The van der Waals surface area contributed by atoms with Crippen LogP contribution in [0.15, 0.2) is 41.0 Å². The van der Waals surface area contributed by atoms with Gasteiger partial charge in [0.05, 0.1) is 5.56 Å². The highest BCUT2D eigenvalue weighted by Crippen LogP contribution is 2.50. The Balaban J connectivity index is 1.61. The van der Waals surface area contributed by atoms with Gasteiger partial charge < -0.3 is 4.98 Å². The number of amides is 2. The predicted octanol–water partition coefficient (Wildman–Crippen LogP) is 3.36. The van der Waals surface area contributed by atoms with Gasteiger partial charge in [0.25, 0.3) is 5.91 Å². The Hall–Kier alpha value is -2.29. The molecule has 2 aromatic rings. The molecule has 0 spiro atoms. The predicted molar refractivity (Wildman–Crippen MR) is 86.4 cm³/mol. The van der Waals surface area contributed by atoms with Crippen molar-refractivity contribution in [1.82, 2.24) is 15.8 Å². The van der Waals surface area contributed by atoms with E-state index in [9.17, 15) is 22.8 Å². The van der Waals surface area contributed by atoms with E-state index < -0.39 is 35.4 Å². The number of hydrazine groups is 1. The minimum Gasteiger partial charge on any atom is -0.356 e. The third-order valence-electron chi connectivity index (χ3n) is 3.98. The molecular weight excluding hydrogens is 403 g/mol. The van der Waals surface area contributed by atoms with Gasteiger partial charge in [0.1, 0.15) is 5.69 Å². The molecule has 3 N–H and O–H groups in total. The largest absolute Gasteiger partial charge is 0.416 e. The lowest BCUT2D eigenvalue weighted by molar-refractivity contribution is -0.138. The van der Waals surface area contributed by atoms with Gasteiger partial charge in [0, 0.05) is 16.6 Å². The second kappa shape index (κ2) is 6.55. The van der Waals surface area contributed by atoms with Crippen LogP contribution >= 0.6 is 15.9 Å². The second-order valence-corrected chi connectivity index (χ2v) is 6.62. The van der Waals surface area contributed by atoms with Crippen molar-refractivity contribution in [3.05, 3.63) is 57.8 Å². The van der Waals surface area contributed by atoms with Crippen molar-refractivity contribution < 1.29 is 22.8 Å². The first-order valence-electron chi connectivity index (χ1n) is 7.37. The Kier molecular flexibility index (Phi) is 4.59. The number of aromatic amines is 1. The maximum atomic E-state index is 13.0. The molecule has 1 aromatic heterocycles. The summed E-state index contributed by atoms with van der Waals surface area (Å²) in [4.78, 5) is 26.6. The molecule has 5 nitrogen and oxygen atoms in total. The first kappa shape index (κ1) is 17.5. The number of halogens is 4. The molecule has 1 saturated carbocycles. The SMILES string of the molecule is O=C(NNC(=O)C1CC1c1ccccc1C(F)(F)F)c1cc(Br)c[nH]1. The molecule has 1 aliphatic rings. The molecule has 9 heteroatoms. The molecule has 2 amide bonds. The Morgan fingerprint density at radius 1 is 1.20 bits per heavy atom. The first-order chi connectivity index (χ1) is 11.8. The number of H-pyrrole nitrogens is 1. The van der Waals surface area contributed by atoms with Crippen LogP contribution in [0.1, 0.15) is 34.0 Å². The van der Waals surface area contributed by atoms with Crippen LogP contribution in [0.25, 0.3) is 0 Å². The molecule has 2 atom stereocenters. The number of aromatic nitrogens is 1. The summed E-state index contributed by atoms with van der Waals surface area (Å²) < 4.78 is 39.8. The number of hydrogen-bond acceptors (Lipinski definition) is 2. The van der Waals surface area contributed by atoms with Crippen LogP contribution in [0.5, 0.6) is 0 Å². The molecule has 3 rings (SSSR count). The van der Waals surface area contributed by atoms with Crippen molar-refractivity contribution in [2.45, 2.75) is 18.5 Å². The minimum absolute atomic E-state index is 0.106. The van der Waals surface area contributed by atoms with Crippen molar-refractivity contribution in [1.29, 1.82) is 0 Å². The molecular formula is C16H13BrF3N3O2. The normalized spacial score (nSPS) is 19.4. The fourth-order valence-corrected chi connectivity index (χ4v) is 3.03. The number of benzene rings is 1. The van der Waals surface area contributed by atoms with Gasteiger partial charge in [-0.1, -0.05) is 18.2 Å². The van der Waals surface area contributed by atoms with Crippen LogP contribution in [0.4, 0.5) is 13.2 Å². The number of alkyl halides is 3. The van der Waals surface area contributed by atoms with E-state index in [1.165, 1.54) is 24.3 Å². The topological polar surface area (TPSA) is 74.0 Å². The number of rotatable bonds is 3. The van der Waals surface area contributed by atoms with E-state index in [2.05, 4.69) is 31.8 Å². The molecule has 0 aliphatic heterocycles. The summed E-state index contributed by atoms with van der Waals surface area (Å²) in [7, 11) is 0. The number of nitrogens with one attached hydrogen (secondary N) is 3. The monoisotopic (exact) mass is 415 g/mol. The van der Waals surface area contributed by atoms with E-state index in [4.69, 9.17) is 0 Å². The average molecular weight is 416 g/mol. The summed E-state index contributed by atoms with van der Waals surface area (Å²) in [6, 6.07) is 6.76. The van der Waals surface area contributed by atoms with E-state index in [-0.39, 0.29) is 11.3 Å². The summed E-state index contributed by atoms with van der Waals surface area (Å²) in [5, 5.41) is 0. The lowest BCUT2D eigenvalue weighted by Crippen LogP contribution is -2.42. The minimum atomic E-state index is -4.46. The highest BCUT2D eigenvalue weighted by atomic mass is 79.9. The van der Waals surface area contributed by atoms with E-state index in [0.29, 0.717) is 10.9 Å². The molecule has 25 heavy (non-hydrogen) atoms. The third-order valence-corrected chi connectivity index (χ3v) is 4.44. The van der Waals surface area contributed by atoms with Crippen molar-refractivity contribution in [2.75, 3.05) is 0 Å². The van der Waals surface area contributed by atoms with Crippen molar-refractivity contribution in [2.24, 2.45) is 5.92 Å². The van der Waals surface area contributed by atoms with E-state index >= 15 is 0 Å². The standard InChI is InChI=1S/C16H13BrF3N3O2/c17-8-5-13(21-7-8)15(25)23-22-14(24)11-6-10(11)9-3-1-2-4-12(9)16(18,19)20/h1-5,7,10-11,21H,6H2,(H,22,24)(H,23,25). The van der Waals surface area contributed by atoms with Crippen LogP contribution in [0.2, 0.25) is 0 Å². The summed E-state index contributed by atoms with van der Waals surface area (Å²) in [6.07, 6.45) is -2.60. The fourth-order valence-electron chi connectivity index (χ4n) is 2.68. The summed E-state index contributed by atoms with van der Waals surface area (Å²) >= 11 is 3.18. The first-order valence-corrected chi connectivity index (χ1v) is 8.17. The molecule has 0 radical (unpaired) electrons. The number of carbonyl (C=O) groups is 2. The maximum absolute atomic E-state index is 13.0. The fraction of sp³-hybridized carbons (Fsp3) is 0.250. The van der Waals surface area contributed by atoms with Gasteiger partial charge in [-0.3, -0.25) is 20.4 Å². The Morgan fingerprint density at radius 2 is 1.92 bits per heavy atom. The molecule has 1 aromatic carbocycles.